The molecule has 32 heavy (non-hydrogen) atoms. The number of nitrogens with zero attached hydrogens (tertiary/aromatic N) is 1. The van der Waals surface area contributed by atoms with E-state index in [-0.39, 0.29) is 30.8 Å². The fraction of sp³-hybridized carbons (Fsp3) is 0.750. The Morgan fingerprint density at radius 1 is 1.00 bits per heavy atom. The Hall–Kier alpha value is -2.89. The Balaban J connectivity index is 5.40. The highest BCUT2D eigenvalue weighted by molar-refractivity contribution is 5.93. The number of nitrogens with one attached hydrogen (secondary N) is 3. The zero-order chi connectivity index (χ0) is 24.8. The maximum absolute atomic E-state index is 13.0. The maximum atomic E-state index is 13.0. The molecule has 0 spiro atoms. The topological polar surface area (TPSA) is 215 Å². The van der Waals surface area contributed by atoms with E-state index in [1.807, 2.05) is 20.8 Å². The van der Waals surface area contributed by atoms with Crippen LogP contribution in [0.2, 0.25) is 0 Å². The summed E-state index contributed by atoms with van der Waals surface area (Å²) in [5.41, 5.74) is 16.5. The van der Waals surface area contributed by atoms with Gasteiger partial charge in [-0.2, -0.15) is 0 Å². The van der Waals surface area contributed by atoms with Crippen molar-refractivity contribution in [2.75, 3.05) is 13.1 Å². The van der Waals surface area contributed by atoms with Crippen molar-refractivity contribution >= 4 is 29.7 Å². The molecule has 0 saturated carbocycles. The van der Waals surface area contributed by atoms with Crippen LogP contribution in [-0.4, -0.2) is 66.0 Å². The largest absolute Gasteiger partial charge is 0.480 e. The van der Waals surface area contributed by atoms with E-state index in [0.29, 0.717) is 19.3 Å². The van der Waals surface area contributed by atoms with Crippen LogP contribution in [-0.2, 0) is 19.2 Å². The molecule has 0 fully saturated rings. The second-order valence-electron chi connectivity index (χ2n) is 8.23. The summed E-state index contributed by atoms with van der Waals surface area (Å²) in [6.07, 6.45) is 1.62. The molecule has 12 heteroatoms. The fourth-order valence-electron chi connectivity index (χ4n) is 2.89. The molecule has 4 atom stereocenters. The van der Waals surface area contributed by atoms with Gasteiger partial charge in [-0.05, 0) is 31.1 Å². The number of carbonyl (C=O) groups is 4. The molecule has 10 N–H and O–H groups in total. The van der Waals surface area contributed by atoms with Gasteiger partial charge >= 0.3 is 5.97 Å². The minimum atomic E-state index is -1.20. The highest BCUT2D eigenvalue weighted by Gasteiger charge is 2.30. The SMILES string of the molecule is CCC(C)C(NC(=O)C(CCCN=C(N)N)NC(=O)C(N)CC(C)C)C(=O)NCC(=O)O. The van der Waals surface area contributed by atoms with Gasteiger partial charge in [0.15, 0.2) is 5.96 Å². The minimum Gasteiger partial charge on any atom is -0.480 e. The second kappa shape index (κ2) is 15.0. The number of carboxylic acid groups (broad SMARTS) is 1. The quantitative estimate of drug-likeness (QED) is 0.0882. The summed E-state index contributed by atoms with van der Waals surface area (Å²) in [5, 5.41) is 16.4. The van der Waals surface area contributed by atoms with Crippen LogP contribution in [0.5, 0.6) is 0 Å². The van der Waals surface area contributed by atoms with Gasteiger partial charge in [0.1, 0.15) is 18.6 Å². The van der Waals surface area contributed by atoms with Crippen LogP contribution in [0.4, 0.5) is 0 Å². The van der Waals surface area contributed by atoms with Crippen molar-refractivity contribution in [3.8, 4) is 0 Å². The van der Waals surface area contributed by atoms with Gasteiger partial charge in [-0.25, -0.2) is 0 Å². The first-order valence-electron chi connectivity index (χ1n) is 10.8. The van der Waals surface area contributed by atoms with Crippen LogP contribution in [0.25, 0.3) is 0 Å². The van der Waals surface area contributed by atoms with E-state index < -0.39 is 48.4 Å². The molecule has 3 amide bonds. The van der Waals surface area contributed by atoms with E-state index >= 15 is 0 Å². The van der Waals surface area contributed by atoms with Crippen molar-refractivity contribution in [3.63, 3.8) is 0 Å². The van der Waals surface area contributed by atoms with Gasteiger partial charge in [0.25, 0.3) is 0 Å². The van der Waals surface area contributed by atoms with Crippen LogP contribution in [0.3, 0.4) is 0 Å². The molecule has 12 nitrogen and oxygen atoms in total. The van der Waals surface area contributed by atoms with Crippen molar-refractivity contribution in [3.05, 3.63) is 0 Å². The predicted molar refractivity (Wildman–Crippen MR) is 121 cm³/mol. The standard InChI is InChI=1S/C20H39N7O5/c1-5-12(4)16(19(32)25-10-15(28)29)27-18(31)14(7-6-8-24-20(22)23)26-17(30)13(21)9-11(2)3/h11-14,16H,5-10,21H2,1-4H3,(H,25,32)(H,26,30)(H,27,31)(H,28,29)(H4,22,23,24). The molecule has 0 aliphatic rings. The molecule has 0 heterocycles. The number of aliphatic imine (C=N–C) groups is 1. The van der Waals surface area contributed by atoms with Gasteiger partial charge in [0.2, 0.25) is 17.7 Å². The van der Waals surface area contributed by atoms with Crippen molar-refractivity contribution in [1.29, 1.82) is 0 Å². The number of hydrogen-bond donors (Lipinski definition) is 7. The number of hydrogen-bond acceptors (Lipinski definition) is 6. The molecule has 4 unspecified atom stereocenters. The highest BCUT2D eigenvalue weighted by atomic mass is 16.4. The Kier molecular flexibility index (Phi) is 13.6. The number of carboxylic acids is 1. The average molecular weight is 458 g/mol. The van der Waals surface area contributed by atoms with Crippen LogP contribution < -0.4 is 33.2 Å². The molecule has 0 aliphatic carbocycles. The molecule has 0 aliphatic heterocycles. The number of amides is 3. The van der Waals surface area contributed by atoms with Crippen LogP contribution in [0.1, 0.15) is 53.4 Å². The smallest absolute Gasteiger partial charge is 0.322 e. The average Bonchev–Trinajstić information content (AvgIpc) is 2.70. The first kappa shape index (κ1) is 29.1. The third-order valence-corrected chi connectivity index (χ3v) is 4.85. The number of nitrogens with two attached hydrogens (primary N) is 3. The highest BCUT2D eigenvalue weighted by Crippen LogP contribution is 2.10. The van der Waals surface area contributed by atoms with Gasteiger partial charge in [0.05, 0.1) is 6.04 Å². The monoisotopic (exact) mass is 457 g/mol. The second-order valence-corrected chi connectivity index (χ2v) is 8.23. The first-order valence-corrected chi connectivity index (χ1v) is 10.8. The summed E-state index contributed by atoms with van der Waals surface area (Å²) in [4.78, 5) is 52.5. The van der Waals surface area contributed by atoms with Gasteiger partial charge in [-0.15, -0.1) is 0 Å². The first-order chi connectivity index (χ1) is 14.9. The summed E-state index contributed by atoms with van der Waals surface area (Å²) in [7, 11) is 0. The van der Waals surface area contributed by atoms with Gasteiger partial charge < -0.3 is 38.3 Å². The van der Waals surface area contributed by atoms with Gasteiger partial charge in [0, 0.05) is 6.54 Å². The van der Waals surface area contributed by atoms with Crippen molar-refractivity contribution in [2.45, 2.75) is 71.5 Å². The summed E-state index contributed by atoms with van der Waals surface area (Å²) in [5.74, 6) is -3.02. The predicted octanol–water partition coefficient (Wildman–Crippen LogP) is -1.37. The van der Waals surface area contributed by atoms with Crippen molar-refractivity contribution in [2.24, 2.45) is 34.0 Å². The summed E-state index contributed by atoms with van der Waals surface area (Å²) < 4.78 is 0. The minimum absolute atomic E-state index is 0.0825. The summed E-state index contributed by atoms with van der Waals surface area (Å²) in [6, 6.07) is -2.71. The van der Waals surface area contributed by atoms with E-state index in [0.717, 1.165) is 0 Å². The molecule has 0 bridgehead atoms. The molecular weight excluding hydrogens is 418 g/mol. The summed E-state index contributed by atoms with van der Waals surface area (Å²) in [6.45, 7) is 7.15. The third-order valence-electron chi connectivity index (χ3n) is 4.85. The normalized spacial score (nSPS) is 14.6. The molecular formula is C20H39N7O5. The molecule has 0 aromatic carbocycles. The van der Waals surface area contributed by atoms with Crippen LogP contribution >= 0.6 is 0 Å². The Morgan fingerprint density at radius 3 is 2.12 bits per heavy atom. The van der Waals surface area contributed by atoms with Crippen LogP contribution in [0.15, 0.2) is 4.99 Å². The Labute approximate surface area is 189 Å². The molecule has 0 radical (unpaired) electrons. The zero-order valence-electron chi connectivity index (χ0n) is 19.4. The van der Waals surface area contributed by atoms with E-state index in [4.69, 9.17) is 22.3 Å². The van der Waals surface area contributed by atoms with Gasteiger partial charge in [-0.1, -0.05) is 34.1 Å². The molecule has 184 valence electrons. The lowest BCUT2D eigenvalue weighted by atomic mass is 9.97. The van der Waals surface area contributed by atoms with E-state index in [2.05, 4.69) is 20.9 Å². The molecule has 0 rings (SSSR count). The number of aliphatic carboxylic acids is 1. The lowest BCUT2D eigenvalue weighted by Gasteiger charge is -2.27. The maximum Gasteiger partial charge on any atom is 0.322 e. The number of carbonyl (C=O) groups excluding carboxylic acids is 3. The number of rotatable bonds is 15. The van der Waals surface area contributed by atoms with Crippen LogP contribution in [0, 0.1) is 11.8 Å². The van der Waals surface area contributed by atoms with E-state index in [1.165, 1.54) is 0 Å². The molecule has 0 aromatic rings. The molecule has 0 saturated heterocycles. The van der Waals surface area contributed by atoms with Crippen molar-refractivity contribution < 1.29 is 24.3 Å². The van der Waals surface area contributed by atoms with Crippen molar-refractivity contribution in [1.82, 2.24) is 16.0 Å². The third kappa shape index (κ3) is 12.1. The lowest BCUT2D eigenvalue weighted by Crippen LogP contribution is -2.57. The lowest BCUT2D eigenvalue weighted by molar-refractivity contribution is -0.139. The zero-order valence-corrected chi connectivity index (χ0v) is 19.4. The summed E-state index contributed by atoms with van der Waals surface area (Å²) >= 11 is 0. The Bertz CT molecular complexity index is 665. The Morgan fingerprint density at radius 2 is 1.62 bits per heavy atom. The van der Waals surface area contributed by atoms with E-state index in [9.17, 15) is 19.2 Å². The fourth-order valence-corrected chi connectivity index (χ4v) is 2.89. The molecule has 0 aromatic heterocycles. The van der Waals surface area contributed by atoms with E-state index in [1.54, 1.807) is 6.92 Å². The van der Waals surface area contributed by atoms with Gasteiger partial charge in [-0.3, -0.25) is 24.2 Å². The number of guanidine groups is 1.